The van der Waals surface area contributed by atoms with Crippen LogP contribution in [0, 0.1) is 0 Å². The van der Waals surface area contributed by atoms with E-state index in [0.717, 1.165) is 12.3 Å². The van der Waals surface area contributed by atoms with Crippen molar-refractivity contribution in [1.82, 2.24) is 10.4 Å². The molecule has 0 heterocycles. The van der Waals surface area contributed by atoms with Crippen LogP contribution >= 0.6 is 0 Å². The molecule has 0 unspecified atom stereocenters. The van der Waals surface area contributed by atoms with Crippen LogP contribution in [0.4, 0.5) is 0 Å². The Kier molecular flexibility index (Phi) is 3.73. The van der Waals surface area contributed by atoms with Gasteiger partial charge in [0.25, 0.3) is 0 Å². The molecule has 1 aromatic carbocycles. The molecule has 0 fully saturated rings. The van der Waals surface area contributed by atoms with Crippen molar-refractivity contribution in [3.63, 3.8) is 0 Å². The molecule has 1 rings (SSSR count). The van der Waals surface area contributed by atoms with Crippen molar-refractivity contribution in [2.75, 3.05) is 21.2 Å². The van der Waals surface area contributed by atoms with Gasteiger partial charge in [-0.05, 0) is 24.7 Å². The zero-order valence-electron chi connectivity index (χ0n) is 8.37. The zero-order chi connectivity index (χ0) is 9.68. The van der Waals surface area contributed by atoms with Gasteiger partial charge in [-0.1, -0.05) is 12.1 Å². The number of hydrogen-bond acceptors (Lipinski definition) is 3. The molecular formula is C10H16N2O. The molecule has 0 bridgehead atoms. The first-order valence-corrected chi connectivity index (χ1v) is 4.27. The summed E-state index contributed by atoms with van der Waals surface area (Å²) >= 11 is 0. The van der Waals surface area contributed by atoms with Crippen molar-refractivity contribution in [2.24, 2.45) is 0 Å². The third kappa shape index (κ3) is 3.05. The van der Waals surface area contributed by atoms with Crippen LogP contribution in [0.2, 0.25) is 0 Å². The number of hydrogen-bond donors (Lipinski definition) is 1. The third-order valence-corrected chi connectivity index (χ3v) is 1.96. The molecule has 1 aromatic rings. The van der Waals surface area contributed by atoms with E-state index in [2.05, 4.69) is 17.6 Å². The van der Waals surface area contributed by atoms with E-state index >= 15 is 0 Å². The summed E-state index contributed by atoms with van der Waals surface area (Å²) in [5.74, 6) is 0.899. The van der Waals surface area contributed by atoms with Crippen LogP contribution < -0.4 is 10.2 Å². The molecule has 13 heavy (non-hydrogen) atoms. The Hall–Kier alpha value is -1.06. The lowest BCUT2D eigenvalue weighted by Crippen LogP contribution is -2.29. The average molecular weight is 180 g/mol. The van der Waals surface area contributed by atoms with Crippen molar-refractivity contribution < 1.29 is 4.74 Å². The second kappa shape index (κ2) is 4.84. The van der Waals surface area contributed by atoms with Crippen molar-refractivity contribution >= 4 is 0 Å². The number of benzene rings is 1. The van der Waals surface area contributed by atoms with Gasteiger partial charge in [0.2, 0.25) is 0 Å². The molecule has 0 atom stereocenters. The molecule has 3 heteroatoms. The lowest BCUT2D eigenvalue weighted by Gasteiger charge is -2.14. The standard InChI is InChI=1S/C10H16N2O/c1-11-12(2)8-9-4-6-10(13-3)7-5-9/h4-7,11H,8H2,1-3H3. The highest BCUT2D eigenvalue weighted by atomic mass is 16.5. The van der Waals surface area contributed by atoms with Gasteiger partial charge in [-0.2, -0.15) is 0 Å². The summed E-state index contributed by atoms with van der Waals surface area (Å²) in [6.07, 6.45) is 0. The quantitative estimate of drug-likeness (QED) is 0.706. The fourth-order valence-electron chi connectivity index (χ4n) is 1.08. The van der Waals surface area contributed by atoms with Crippen molar-refractivity contribution in [1.29, 1.82) is 0 Å². The Morgan fingerprint density at radius 2 is 1.92 bits per heavy atom. The molecule has 0 amide bonds. The number of nitrogens with zero attached hydrogens (tertiary/aromatic N) is 1. The Morgan fingerprint density at radius 3 is 2.38 bits per heavy atom. The third-order valence-electron chi connectivity index (χ3n) is 1.96. The summed E-state index contributed by atoms with van der Waals surface area (Å²) in [5.41, 5.74) is 4.31. The van der Waals surface area contributed by atoms with E-state index in [4.69, 9.17) is 4.74 Å². The number of hydrazine groups is 1. The SMILES string of the molecule is CNN(C)Cc1ccc(OC)cc1. The monoisotopic (exact) mass is 180 g/mol. The first-order valence-electron chi connectivity index (χ1n) is 4.27. The van der Waals surface area contributed by atoms with Crippen LogP contribution in [0.1, 0.15) is 5.56 Å². The van der Waals surface area contributed by atoms with Gasteiger partial charge < -0.3 is 4.74 Å². The van der Waals surface area contributed by atoms with Gasteiger partial charge in [0.05, 0.1) is 7.11 Å². The molecule has 0 saturated carbocycles. The van der Waals surface area contributed by atoms with E-state index in [1.807, 2.05) is 31.2 Å². The molecule has 3 nitrogen and oxygen atoms in total. The molecule has 72 valence electrons. The lowest BCUT2D eigenvalue weighted by atomic mass is 10.2. The predicted molar refractivity (Wildman–Crippen MR) is 53.5 cm³/mol. The fourth-order valence-corrected chi connectivity index (χ4v) is 1.08. The molecule has 0 aliphatic carbocycles. The highest BCUT2D eigenvalue weighted by Gasteiger charge is 1.97. The smallest absolute Gasteiger partial charge is 0.118 e. The lowest BCUT2D eigenvalue weighted by molar-refractivity contribution is 0.251. The maximum absolute atomic E-state index is 5.07. The Morgan fingerprint density at radius 1 is 1.31 bits per heavy atom. The average Bonchev–Trinajstić information content (AvgIpc) is 2.19. The van der Waals surface area contributed by atoms with E-state index in [1.54, 1.807) is 7.11 Å². The van der Waals surface area contributed by atoms with E-state index in [1.165, 1.54) is 5.56 Å². The largest absolute Gasteiger partial charge is 0.497 e. The second-order valence-electron chi connectivity index (χ2n) is 2.93. The number of methoxy groups -OCH3 is 1. The number of nitrogens with one attached hydrogen (secondary N) is 1. The maximum atomic E-state index is 5.07. The van der Waals surface area contributed by atoms with Crippen LogP contribution in [0.15, 0.2) is 24.3 Å². The summed E-state index contributed by atoms with van der Waals surface area (Å²) < 4.78 is 5.07. The van der Waals surface area contributed by atoms with Crippen molar-refractivity contribution in [3.8, 4) is 5.75 Å². The van der Waals surface area contributed by atoms with Gasteiger partial charge in [-0.25, -0.2) is 5.01 Å². The first-order chi connectivity index (χ1) is 6.26. The van der Waals surface area contributed by atoms with Crippen molar-refractivity contribution in [2.45, 2.75) is 6.54 Å². The topological polar surface area (TPSA) is 24.5 Å². The minimum absolute atomic E-state index is 0.889. The summed E-state index contributed by atoms with van der Waals surface area (Å²) in [4.78, 5) is 0. The van der Waals surface area contributed by atoms with Crippen molar-refractivity contribution in [3.05, 3.63) is 29.8 Å². The van der Waals surface area contributed by atoms with E-state index < -0.39 is 0 Å². The minimum Gasteiger partial charge on any atom is -0.497 e. The molecule has 0 aliphatic rings. The Bertz CT molecular complexity index is 246. The zero-order valence-corrected chi connectivity index (χ0v) is 8.37. The van der Waals surface area contributed by atoms with Crippen LogP contribution in [0.5, 0.6) is 5.75 Å². The van der Waals surface area contributed by atoms with Crippen LogP contribution in [0.25, 0.3) is 0 Å². The summed E-state index contributed by atoms with van der Waals surface area (Å²) in [5, 5.41) is 2.02. The predicted octanol–water partition coefficient (Wildman–Crippen LogP) is 1.26. The molecule has 0 saturated heterocycles. The highest BCUT2D eigenvalue weighted by Crippen LogP contribution is 2.11. The number of rotatable bonds is 4. The molecule has 0 spiro atoms. The Labute approximate surface area is 79.3 Å². The van der Waals surface area contributed by atoms with E-state index in [0.29, 0.717) is 0 Å². The van der Waals surface area contributed by atoms with Gasteiger partial charge in [0.1, 0.15) is 5.75 Å². The highest BCUT2D eigenvalue weighted by molar-refractivity contribution is 5.26. The van der Waals surface area contributed by atoms with Crippen LogP contribution in [-0.4, -0.2) is 26.2 Å². The van der Waals surface area contributed by atoms with Crippen LogP contribution in [-0.2, 0) is 6.54 Å². The molecule has 0 radical (unpaired) electrons. The first kappa shape index (κ1) is 10.0. The van der Waals surface area contributed by atoms with Gasteiger partial charge >= 0.3 is 0 Å². The van der Waals surface area contributed by atoms with Gasteiger partial charge in [-0.3, -0.25) is 5.43 Å². The van der Waals surface area contributed by atoms with Gasteiger partial charge in [0.15, 0.2) is 0 Å². The van der Waals surface area contributed by atoms with Gasteiger partial charge in [-0.15, -0.1) is 0 Å². The molecular weight excluding hydrogens is 164 g/mol. The molecule has 0 aliphatic heterocycles. The van der Waals surface area contributed by atoms with Gasteiger partial charge in [0, 0.05) is 13.6 Å². The van der Waals surface area contributed by atoms with Crippen LogP contribution in [0.3, 0.4) is 0 Å². The second-order valence-corrected chi connectivity index (χ2v) is 2.93. The number of ether oxygens (including phenoxy) is 1. The Balaban J connectivity index is 2.58. The summed E-state index contributed by atoms with van der Waals surface area (Å²) in [6, 6.07) is 8.07. The molecule has 1 N–H and O–H groups in total. The maximum Gasteiger partial charge on any atom is 0.118 e. The molecule has 0 aromatic heterocycles. The van der Waals surface area contributed by atoms with E-state index in [9.17, 15) is 0 Å². The normalized spacial score (nSPS) is 10.5. The van der Waals surface area contributed by atoms with E-state index in [-0.39, 0.29) is 0 Å². The summed E-state index contributed by atoms with van der Waals surface area (Å²) in [6.45, 7) is 0.889. The minimum atomic E-state index is 0.889. The summed E-state index contributed by atoms with van der Waals surface area (Å²) in [7, 11) is 5.59. The fraction of sp³-hybridized carbons (Fsp3) is 0.400.